The molecule has 0 spiro atoms. The molecule has 1 aromatic rings. The second-order valence-corrected chi connectivity index (χ2v) is 6.89. The molecule has 0 radical (unpaired) electrons. The Kier molecular flexibility index (Phi) is 5.40. The summed E-state index contributed by atoms with van der Waals surface area (Å²) in [6.07, 6.45) is 0.589. The van der Waals surface area contributed by atoms with Gasteiger partial charge in [-0.15, -0.1) is 0 Å². The molecule has 1 aromatic carbocycles. The zero-order valence-corrected chi connectivity index (χ0v) is 14.6. The molecule has 2 unspecified atom stereocenters. The first-order chi connectivity index (χ1) is 9.88. The number of nitrogens with zero attached hydrogens (tertiary/aromatic N) is 1. The number of carboxylic acid groups (broad SMARTS) is 1. The maximum absolute atomic E-state index is 12.1. The zero-order chi connectivity index (χ0) is 15.6. The quantitative estimate of drug-likeness (QED) is 0.787. The molecule has 0 saturated carbocycles. The molecular weight excluding hydrogens is 404 g/mol. The van der Waals surface area contributed by atoms with Crippen molar-refractivity contribution in [2.45, 2.75) is 19.4 Å². The fourth-order valence-corrected chi connectivity index (χ4v) is 3.67. The topological polar surface area (TPSA) is 69.6 Å². The van der Waals surface area contributed by atoms with Gasteiger partial charge in [0.25, 0.3) is 0 Å². The van der Waals surface area contributed by atoms with E-state index in [9.17, 15) is 9.59 Å². The maximum Gasteiger partial charge on any atom is 0.308 e. The molecule has 1 aliphatic heterocycles. The SMILES string of the molecule is CC1C(C(=O)O)CCN1CC(=O)Nc1ccc(Br)cc1Br. The summed E-state index contributed by atoms with van der Waals surface area (Å²) in [5.74, 6) is -1.32. The second-order valence-electron chi connectivity index (χ2n) is 5.12. The minimum atomic E-state index is -0.791. The summed E-state index contributed by atoms with van der Waals surface area (Å²) in [6.45, 7) is 2.69. The van der Waals surface area contributed by atoms with Crippen LogP contribution < -0.4 is 5.32 Å². The first kappa shape index (κ1) is 16.5. The molecule has 1 heterocycles. The third kappa shape index (κ3) is 4.05. The molecule has 0 aromatic heterocycles. The summed E-state index contributed by atoms with van der Waals surface area (Å²) in [6, 6.07) is 5.38. The van der Waals surface area contributed by atoms with Crippen molar-refractivity contribution in [3.8, 4) is 0 Å². The molecule has 1 fully saturated rings. The largest absolute Gasteiger partial charge is 0.481 e. The van der Waals surface area contributed by atoms with Crippen LogP contribution in [-0.4, -0.2) is 41.0 Å². The molecule has 0 bridgehead atoms. The average molecular weight is 420 g/mol. The molecule has 114 valence electrons. The van der Waals surface area contributed by atoms with Crippen molar-refractivity contribution < 1.29 is 14.7 Å². The number of likely N-dealkylation sites (tertiary alicyclic amines) is 1. The number of carbonyl (C=O) groups is 2. The number of carbonyl (C=O) groups excluding carboxylic acids is 1. The van der Waals surface area contributed by atoms with Crippen molar-refractivity contribution in [2.75, 3.05) is 18.4 Å². The summed E-state index contributed by atoms with van der Waals surface area (Å²) >= 11 is 6.75. The van der Waals surface area contributed by atoms with E-state index in [4.69, 9.17) is 5.11 Å². The second kappa shape index (κ2) is 6.89. The van der Waals surface area contributed by atoms with Gasteiger partial charge in [0, 0.05) is 15.0 Å². The monoisotopic (exact) mass is 418 g/mol. The van der Waals surface area contributed by atoms with Gasteiger partial charge in [0.2, 0.25) is 5.91 Å². The van der Waals surface area contributed by atoms with Crippen molar-refractivity contribution in [1.29, 1.82) is 0 Å². The van der Waals surface area contributed by atoms with Gasteiger partial charge in [-0.2, -0.15) is 0 Å². The minimum Gasteiger partial charge on any atom is -0.481 e. The summed E-state index contributed by atoms with van der Waals surface area (Å²) in [5, 5.41) is 11.9. The molecule has 7 heteroatoms. The standard InChI is InChI=1S/C14H16Br2N2O3/c1-8-10(14(20)21)4-5-18(8)7-13(19)17-12-3-2-9(15)6-11(12)16/h2-3,6,8,10H,4-5,7H2,1H3,(H,17,19)(H,20,21). The van der Waals surface area contributed by atoms with E-state index in [1.807, 2.05) is 24.0 Å². The fraction of sp³-hybridized carbons (Fsp3) is 0.429. The molecular formula is C14H16Br2N2O3. The van der Waals surface area contributed by atoms with Crippen molar-refractivity contribution in [1.82, 2.24) is 4.90 Å². The van der Waals surface area contributed by atoms with Gasteiger partial charge in [0.05, 0.1) is 18.2 Å². The maximum atomic E-state index is 12.1. The predicted octanol–water partition coefficient (Wildman–Crippen LogP) is 2.95. The van der Waals surface area contributed by atoms with Gasteiger partial charge in [-0.1, -0.05) is 15.9 Å². The number of halogens is 2. The van der Waals surface area contributed by atoms with Crippen LogP contribution in [0.4, 0.5) is 5.69 Å². The van der Waals surface area contributed by atoms with E-state index in [-0.39, 0.29) is 18.5 Å². The highest BCUT2D eigenvalue weighted by Gasteiger charge is 2.36. The van der Waals surface area contributed by atoms with Crippen molar-refractivity contribution in [3.63, 3.8) is 0 Å². The van der Waals surface area contributed by atoms with Crippen LogP contribution >= 0.6 is 31.9 Å². The van der Waals surface area contributed by atoms with E-state index in [1.165, 1.54) is 0 Å². The highest BCUT2D eigenvalue weighted by Crippen LogP contribution is 2.27. The molecule has 0 aliphatic carbocycles. The van der Waals surface area contributed by atoms with Gasteiger partial charge < -0.3 is 10.4 Å². The molecule has 5 nitrogen and oxygen atoms in total. The normalized spacial score (nSPS) is 22.2. The fourth-order valence-electron chi connectivity index (χ4n) is 2.52. The van der Waals surface area contributed by atoms with Crippen LogP contribution in [0.15, 0.2) is 27.1 Å². The van der Waals surface area contributed by atoms with Gasteiger partial charge in [0.1, 0.15) is 0 Å². The molecule has 2 atom stereocenters. The van der Waals surface area contributed by atoms with Gasteiger partial charge in [-0.05, 0) is 54.0 Å². The summed E-state index contributed by atoms with van der Waals surface area (Å²) in [4.78, 5) is 25.1. The van der Waals surface area contributed by atoms with Crippen LogP contribution in [0.5, 0.6) is 0 Å². The van der Waals surface area contributed by atoms with E-state index >= 15 is 0 Å². The Morgan fingerprint density at radius 1 is 1.43 bits per heavy atom. The number of hydrogen-bond donors (Lipinski definition) is 2. The lowest BCUT2D eigenvalue weighted by Gasteiger charge is -2.22. The lowest BCUT2D eigenvalue weighted by atomic mass is 10.0. The Bertz CT molecular complexity index is 565. The van der Waals surface area contributed by atoms with Gasteiger partial charge in [-0.3, -0.25) is 14.5 Å². The molecule has 21 heavy (non-hydrogen) atoms. The van der Waals surface area contributed by atoms with Crippen LogP contribution in [0.2, 0.25) is 0 Å². The number of aliphatic carboxylic acids is 1. The predicted molar refractivity (Wildman–Crippen MR) is 87.2 cm³/mol. The van der Waals surface area contributed by atoms with Crippen molar-refractivity contribution in [3.05, 3.63) is 27.1 Å². The number of carboxylic acids is 1. The Labute approximate surface area is 140 Å². The van der Waals surface area contributed by atoms with E-state index in [2.05, 4.69) is 37.2 Å². The lowest BCUT2D eigenvalue weighted by Crippen LogP contribution is -2.38. The smallest absolute Gasteiger partial charge is 0.308 e. The summed E-state index contributed by atoms with van der Waals surface area (Å²) in [7, 11) is 0. The number of anilines is 1. The van der Waals surface area contributed by atoms with E-state index in [0.717, 1.165) is 8.95 Å². The summed E-state index contributed by atoms with van der Waals surface area (Å²) in [5.41, 5.74) is 0.699. The van der Waals surface area contributed by atoms with E-state index < -0.39 is 11.9 Å². The number of rotatable bonds is 4. The lowest BCUT2D eigenvalue weighted by molar-refractivity contribution is -0.142. The van der Waals surface area contributed by atoms with Crippen LogP contribution in [0.25, 0.3) is 0 Å². The molecule has 1 saturated heterocycles. The van der Waals surface area contributed by atoms with Crippen LogP contribution in [0, 0.1) is 5.92 Å². The number of nitrogens with one attached hydrogen (secondary N) is 1. The van der Waals surface area contributed by atoms with E-state index in [0.29, 0.717) is 18.7 Å². The number of amides is 1. The summed E-state index contributed by atoms with van der Waals surface area (Å²) < 4.78 is 1.72. The van der Waals surface area contributed by atoms with Crippen molar-refractivity contribution >= 4 is 49.4 Å². The molecule has 2 rings (SSSR count). The first-order valence-corrected chi connectivity index (χ1v) is 8.19. The molecule has 1 amide bonds. The van der Waals surface area contributed by atoms with Crippen LogP contribution in [-0.2, 0) is 9.59 Å². The van der Waals surface area contributed by atoms with Crippen LogP contribution in [0.3, 0.4) is 0 Å². The van der Waals surface area contributed by atoms with Gasteiger partial charge in [-0.25, -0.2) is 0 Å². The third-order valence-electron chi connectivity index (χ3n) is 3.75. The Morgan fingerprint density at radius 2 is 2.14 bits per heavy atom. The Morgan fingerprint density at radius 3 is 2.71 bits per heavy atom. The number of benzene rings is 1. The number of hydrogen-bond acceptors (Lipinski definition) is 3. The zero-order valence-electron chi connectivity index (χ0n) is 11.5. The average Bonchev–Trinajstić information content (AvgIpc) is 2.74. The first-order valence-electron chi connectivity index (χ1n) is 6.60. The highest BCUT2D eigenvalue weighted by atomic mass is 79.9. The Hall–Kier alpha value is -0.920. The minimum absolute atomic E-state index is 0.124. The third-order valence-corrected chi connectivity index (χ3v) is 4.90. The molecule has 1 aliphatic rings. The van der Waals surface area contributed by atoms with Gasteiger partial charge >= 0.3 is 5.97 Å². The Balaban J connectivity index is 1.95. The van der Waals surface area contributed by atoms with Gasteiger partial charge in [0.15, 0.2) is 0 Å². The van der Waals surface area contributed by atoms with Crippen molar-refractivity contribution in [2.24, 2.45) is 5.92 Å². The highest BCUT2D eigenvalue weighted by molar-refractivity contribution is 9.11. The van der Waals surface area contributed by atoms with Crippen LogP contribution in [0.1, 0.15) is 13.3 Å². The van der Waals surface area contributed by atoms with E-state index in [1.54, 1.807) is 6.07 Å². The molecule has 2 N–H and O–H groups in total.